The van der Waals surface area contributed by atoms with Gasteiger partial charge in [0.15, 0.2) is 0 Å². The van der Waals surface area contributed by atoms with E-state index in [0.717, 1.165) is 16.9 Å². The molecule has 0 aliphatic heterocycles. The van der Waals surface area contributed by atoms with Gasteiger partial charge in [-0.1, -0.05) is 23.7 Å². The molecule has 2 rings (SSSR count). The molecule has 0 saturated heterocycles. The lowest BCUT2D eigenvalue weighted by atomic mass is 10.1. The summed E-state index contributed by atoms with van der Waals surface area (Å²) in [5.74, 6) is 0.799. The van der Waals surface area contributed by atoms with Crippen molar-refractivity contribution in [3.63, 3.8) is 0 Å². The lowest BCUT2D eigenvalue weighted by Gasteiger charge is -1.95. The first kappa shape index (κ1) is 9.31. The van der Waals surface area contributed by atoms with Crippen molar-refractivity contribution < 1.29 is 4.42 Å². The first-order valence-electron chi connectivity index (χ1n) is 4.33. The second-order valence-corrected chi connectivity index (χ2v) is 3.47. The Morgan fingerprint density at radius 2 is 2.14 bits per heavy atom. The highest BCUT2D eigenvalue weighted by Crippen LogP contribution is 2.24. The van der Waals surface area contributed by atoms with Crippen LogP contribution in [0.3, 0.4) is 0 Å². The van der Waals surface area contributed by atoms with Gasteiger partial charge in [0.25, 0.3) is 0 Å². The molecule has 1 aromatic carbocycles. The summed E-state index contributed by atoms with van der Waals surface area (Å²) in [5, 5.41) is 0.702. The van der Waals surface area contributed by atoms with Crippen LogP contribution in [0.15, 0.2) is 41.0 Å². The summed E-state index contributed by atoms with van der Waals surface area (Å²) in [7, 11) is 0. The Morgan fingerprint density at radius 3 is 2.79 bits per heavy atom. The van der Waals surface area contributed by atoms with Crippen LogP contribution in [0.1, 0.15) is 5.56 Å². The third kappa shape index (κ3) is 1.81. The van der Waals surface area contributed by atoms with E-state index >= 15 is 0 Å². The molecule has 0 fully saturated rings. The largest absolute Gasteiger partial charge is 0.464 e. The minimum atomic E-state index is 0.490. The van der Waals surface area contributed by atoms with Crippen LogP contribution in [-0.4, -0.2) is 0 Å². The number of rotatable bonds is 2. The molecule has 1 aromatic heterocycles. The van der Waals surface area contributed by atoms with E-state index in [1.807, 2.05) is 30.3 Å². The summed E-state index contributed by atoms with van der Waals surface area (Å²) >= 11 is 5.87. The van der Waals surface area contributed by atoms with Crippen molar-refractivity contribution in [3.05, 3.63) is 47.2 Å². The van der Waals surface area contributed by atoms with Crippen LogP contribution in [0.4, 0.5) is 0 Å². The minimum Gasteiger partial charge on any atom is -0.464 e. The Morgan fingerprint density at radius 1 is 1.29 bits per heavy atom. The van der Waals surface area contributed by atoms with Crippen LogP contribution in [0.2, 0.25) is 5.02 Å². The SMILES string of the molecule is NCc1coc(-c2cccc(Cl)c2)c1. The predicted molar refractivity (Wildman–Crippen MR) is 57.0 cm³/mol. The van der Waals surface area contributed by atoms with Crippen LogP contribution >= 0.6 is 11.6 Å². The maximum atomic E-state index is 5.87. The van der Waals surface area contributed by atoms with Gasteiger partial charge in [-0.25, -0.2) is 0 Å². The monoisotopic (exact) mass is 207 g/mol. The number of furan rings is 1. The van der Waals surface area contributed by atoms with Gasteiger partial charge in [0.05, 0.1) is 6.26 Å². The van der Waals surface area contributed by atoms with E-state index < -0.39 is 0 Å². The number of hydrogen-bond acceptors (Lipinski definition) is 2. The van der Waals surface area contributed by atoms with Gasteiger partial charge in [-0.2, -0.15) is 0 Å². The molecule has 2 nitrogen and oxygen atoms in total. The molecule has 0 spiro atoms. The average molecular weight is 208 g/mol. The summed E-state index contributed by atoms with van der Waals surface area (Å²) in [6.45, 7) is 0.490. The van der Waals surface area contributed by atoms with Gasteiger partial charge in [0, 0.05) is 22.7 Å². The molecule has 1 heterocycles. The van der Waals surface area contributed by atoms with Crippen molar-refractivity contribution in [3.8, 4) is 11.3 Å². The fourth-order valence-corrected chi connectivity index (χ4v) is 1.47. The molecule has 14 heavy (non-hydrogen) atoms. The van der Waals surface area contributed by atoms with Crippen LogP contribution in [0, 0.1) is 0 Å². The summed E-state index contributed by atoms with van der Waals surface area (Å²) in [6, 6.07) is 9.46. The highest BCUT2D eigenvalue weighted by atomic mass is 35.5. The van der Waals surface area contributed by atoms with Crippen molar-refractivity contribution in [1.29, 1.82) is 0 Å². The first-order chi connectivity index (χ1) is 6.79. The van der Waals surface area contributed by atoms with Crippen molar-refractivity contribution in [2.45, 2.75) is 6.54 Å². The third-order valence-electron chi connectivity index (χ3n) is 2.00. The summed E-state index contributed by atoms with van der Waals surface area (Å²) in [6.07, 6.45) is 1.66. The Kier molecular flexibility index (Phi) is 2.57. The van der Waals surface area contributed by atoms with Crippen LogP contribution in [0.25, 0.3) is 11.3 Å². The minimum absolute atomic E-state index is 0.490. The highest BCUT2D eigenvalue weighted by molar-refractivity contribution is 6.30. The van der Waals surface area contributed by atoms with Crippen molar-refractivity contribution in [1.82, 2.24) is 0 Å². The average Bonchev–Trinajstić information content (AvgIpc) is 2.66. The van der Waals surface area contributed by atoms with E-state index in [-0.39, 0.29) is 0 Å². The maximum Gasteiger partial charge on any atom is 0.134 e. The molecule has 72 valence electrons. The molecule has 0 amide bonds. The summed E-state index contributed by atoms with van der Waals surface area (Å²) in [5.41, 5.74) is 7.44. The Hall–Kier alpha value is -1.25. The van der Waals surface area contributed by atoms with Gasteiger partial charge >= 0.3 is 0 Å². The smallest absolute Gasteiger partial charge is 0.134 e. The molecule has 0 atom stereocenters. The lowest BCUT2D eigenvalue weighted by Crippen LogP contribution is -1.92. The van der Waals surface area contributed by atoms with E-state index in [2.05, 4.69) is 0 Å². The quantitative estimate of drug-likeness (QED) is 0.822. The Balaban J connectivity index is 2.39. The zero-order valence-electron chi connectivity index (χ0n) is 7.53. The molecular formula is C11H10ClNO. The molecule has 0 unspecified atom stereocenters. The van der Waals surface area contributed by atoms with E-state index in [1.54, 1.807) is 6.26 Å². The molecule has 3 heteroatoms. The number of halogens is 1. The predicted octanol–water partition coefficient (Wildman–Crippen LogP) is 3.06. The number of nitrogens with two attached hydrogens (primary N) is 1. The van der Waals surface area contributed by atoms with E-state index in [9.17, 15) is 0 Å². The second kappa shape index (κ2) is 3.86. The molecule has 0 aliphatic rings. The van der Waals surface area contributed by atoms with Gasteiger partial charge in [0.2, 0.25) is 0 Å². The molecule has 2 aromatic rings. The zero-order chi connectivity index (χ0) is 9.97. The molecule has 0 aliphatic carbocycles. The second-order valence-electron chi connectivity index (χ2n) is 3.03. The Bertz CT molecular complexity index is 436. The van der Waals surface area contributed by atoms with Gasteiger partial charge in [0.1, 0.15) is 5.76 Å². The molecular weight excluding hydrogens is 198 g/mol. The van der Waals surface area contributed by atoms with Gasteiger partial charge < -0.3 is 10.2 Å². The first-order valence-corrected chi connectivity index (χ1v) is 4.71. The fraction of sp³-hybridized carbons (Fsp3) is 0.0909. The van der Waals surface area contributed by atoms with Crippen molar-refractivity contribution in [2.24, 2.45) is 5.73 Å². The third-order valence-corrected chi connectivity index (χ3v) is 2.23. The molecule has 0 bridgehead atoms. The van der Waals surface area contributed by atoms with Gasteiger partial charge in [-0.3, -0.25) is 0 Å². The van der Waals surface area contributed by atoms with Gasteiger partial charge in [-0.05, 0) is 18.2 Å². The highest BCUT2D eigenvalue weighted by Gasteiger charge is 2.03. The standard InChI is InChI=1S/C11H10ClNO/c12-10-3-1-2-9(5-10)11-4-8(6-13)7-14-11/h1-5,7H,6,13H2. The molecule has 2 N–H and O–H groups in total. The fourth-order valence-electron chi connectivity index (χ4n) is 1.28. The lowest BCUT2D eigenvalue weighted by molar-refractivity contribution is 0.578. The number of hydrogen-bond donors (Lipinski definition) is 1. The Labute approximate surface area is 87.3 Å². The summed E-state index contributed by atoms with van der Waals surface area (Å²) < 4.78 is 5.36. The van der Waals surface area contributed by atoms with E-state index in [1.165, 1.54) is 0 Å². The number of benzene rings is 1. The summed E-state index contributed by atoms with van der Waals surface area (Å²) in [4.78, 5) is 0. The van der Waals surface area contributed by atoms with Crippen molar-refractivity contribution >= 4 is 11.6 Å². The maximum absolute atomic E-state index is 5.87. The van der Waals surface area contributed by atoms with Crippen molar-refractivity contribution in [2.75, 3.05) is 0 Å². The van der Waals surface area contributed by atoms with Crippen LogP contribution in [-0.2, 0) is 6.54 Å². The normalized spacial score (nSPS) is 10.4. The zero-order valence-corrected chi connectivity index (χ0v) is 8.29. The van der Waals surface area contributed by atoms with E-state index in [0.29, 0.717) is 11.6 Å². The molecule has 0 radical (unpaired) electrons. The van der Waals surface area contributed by atoms with Gasteiger partial charge in [-0.15, -0.1) is 0 Å². The van der Waals surface area contributed by atoms with Crippen LogP contribution < -0.4 is 5.73 Å². The van der Waals surface area contributed by atoms with E-state index in [4.69, 9.17) is 21.8 Å². The molecule has 0 saturated carbocycles. The van der Waals surface area contributed by atoms with Crippen LogP contribution in [0.5, 0.6) is 0 Å². The topological polar surface area (TPSA) is 39.2 Å².